The topological polar surface area (TPSA) is 91.0 Å². The summed E-state index contributed by atoms with van der Waals surface area (Å²) in [6.45, 7) is 1.87. The number of benzene rings is 2. The predicted octanol–water partition coefficient (Wildman–Crippen LogP) is 0.993. The summed E-state index contributed by atoms with van der Waals surface area (Å²) in [6, 6.07) is 16.1. The van der Waals surface area contributed by atoms with E-state index in [1.54, 1.807) is 29.2 Å². The molecule has 30 heavy (non-hydrogen) atoms. The predicted molar refractivity (Wildman–Crippen MR) is 112 cm³/mol. The lowest BCUT2D eigenvalue weighted by molar-refractivity contribution is -0.136. The quantitative estimate of drug-likeness (QED) is 0.735. The Kier molecular flexibility index (Phi) is 6.05. The second-order valence-electron chi connectivity index (χ2n) is 7.42. The molecule has 0 saturated carbocycles. The molecular weight excluding hydrogens is 404 g/mol. The van der Waals surface area contributed by atoms with Crippen molar-refractivity contribution in [2.45, 2.75) is 10.9 Å². The number of methoxy groups -OCH3 is 1. The number of sulfonamides is 1. The summed E-state index contributed by atoms with van der Waals surface area (Å²) < 4.78 is 32.4. The van der Waals surface area contributed by atoms with Gasteiger partial charge in [0.1, 0.15) is 5.75 Å². The number of nitrogens with zero attached hydrogens (tertiary/aromatic N) is 2. The van der Waals surface area contributed by atoms with Gasteiger partial charge in [-0.25, -0.2) is 13.8 Å². The Labute approximate surface area is 176 Å². The summed E-state index contributed by atoms with van der Waals surface area (Å²) in [4.78, 5) is 15.2. The van der Waals surface area contributed by atoms with Gasteiger partial charge in [0.05, 0.1) is 24.0 Å². The highest BCUT2D eigenvalue weighted by Gasteiger charge is 2.38. The van der Waals surface area contributed by atoms with Gasteiger partial charge in [0, 0.05) is 32.7 Å². The monoisotopic (exact) mass is 430 g/mol. The molecule has 0 aliphatic carbocycles. The minimum atomic E-state index is -3.59. The van der Waals surface area contributed by atoms with Crippen LogP contribution >= 0.6 is 0 Å². The largest absolute Gasteiger partial charge is 0.497 e. The van der Waals surface area contributed by atoms with Crippen LogP contribution in [0.1, 0.15) is 11.6 Å². The molecule has 0 bridgehead atoms. The number of ether oxygens (including phenoxy) is 1. The van der Waals surface area contributed by atoms with E-state index >= 15 is 0 Å². The number of carbonyl (C=O) groups is 1. The van der Waals surface area contributed by atoms with Gasteiger partial charge in [0.15, 0.2) is 0 Å². The maximum atomic E-state index is 13.1. The Morgan fingerprint density at radius 2 is 1.67 bits per heavy atom. The Morgan fingerprint density at radius 1 is 1.00 bits per heavy atom. The van der Waals surface area contributed by atoms with Crippen molar-refractivity contribution >= 4 is 15.9 Å². The van der Waals surface area contributed by atoms with Gasteiger partial charge in [-0.3, -0.25) is 10.2 Å². The van der Waals surface area contributed by atoms with Crippen LogP contribution in [0.3, 0.4) is 0 Å². The summed E-state index contributed by atoms with van der Waals surface area (Å²) in [7, 11) is -2.05. The normalized spacial score (nSPS) is 22.8. The van der Waals surface area contributed by atoms with E-state index in [1.807, 2.05) is 30.3 Å². The van der Waals surface area contributed by atoms with E-state index in [2.05, 4.69) is 10.9 Å². The molecule has 160 valence electrons. The van der Waals surface area contributed by atoms with Gasteiger partial charge in [0.2, 0.25) is 15.9 Å². The van der Waals surface area contributed by atoms with Crippen molar-refractivity contribution in [3.63, 3.8) is 0 Å². The molecule has 0 aromatic heterocycles. The van der Waals surface area contributed by atoms with Crippen LogP contribution in [0.5, 0.6) is 5.75 Å². The number of hydrazine groups is 1. The van der Waals surface area contributed by atoms with Gasteiger partial charge in [-0.05, 0) is 29.8 Å². The van der Waals surface area contributed by atoms with Crippen molar-refractivity contribution in [3.8, 4) is 5.75 Å². The van der Waals surface area contributed by atoms with Crippen LogP contribution in [0.2, 0.25) is 0 Å². The van der Waals surface area contributed by atoms with E-state index in [-0.39, 0.29) is 35.9 Å². The van der Waals surface area contributed by atoms with Crippen molar-refractivity contribution in [1.82, 2.24) is 20.1 Å². The lowest BCUT2D eigenvalue weighted by atomic mass is 9.93. The van der Waals surface area contributed by atoms with Crippen molar-refractivity contribution in [2.75, 3.05) is 39.8 Å². The SMILES string of the molecule is COc1ccc(S(=O)(=O)N2CCN(C(=O)C3CNNC3c3ccccc3)CC2)cc1. The van der Waals surface area contributed by atoms with E-state index in [4.69, 9.17) is 4.74 Å². The van der Waals surface area contributed by atoms with Crippen LogP contribution in [0.15, 0.2) is 59.5 Å². The summed E-state index contributed by atoms with van der Waals surface area (Å²) >= 11 is 0. The van der Waals surface area contributed by atoms with Gasteiger partial charge < -0.3 is 9.64 Å². The fourth-order valence-corrected chi connectivity index (χ4v) is 5.41. The average molecular weight is 431 g/mol. The van der Waals surface area contributed by atoms with Gasteiger partial charge in [-0.15, -0.1) is 0 Å². The average Bonchev–Trinajstić information content (AvgIpc) is 3.29. The van der Waals surface area contributed by atoms with E-state index in [9.17, 15) is 13.2 Å². The third-order valence-electron chi connectivity index (χ3n) is 5.71. The Morgan fingerprint density at radius 3 is 2.30 bits per heavy atom. The van der Waals surface area contributed by atoms with Crippen LogP contribution in [0, 0.1) is 5.92 Å². The number of hydrogen-bond acceptors (Lipinski definition) is 6. The van der Waals surface area contributed by atoms with Crippen LogP contribution < -0.4 is 15.6 Å². The first-order valence-electron chi connectivity index (χ1n) is 9.97. The van der Waals surface area contributed by atoms with Gasteiger partial charge in [-0.1, -0.05) is 30.3 Å². The summed E-state index contributed by atoms with van der Waals surface area (Å²) in [5.41, 5.74) is 7.34. The Balaban J connectivity index is 1.40. The van der Waals surface area contributed by atoms with E-state index in [0.717, 1.165) is 5.56 Å². The molecular formula is C21H26N4O4S. The molecule has 2 aliphatic heterocycles. The van der Waals surface area contributed by atoms with E-state index in [0.29, 0.717) is 25.4 Å². The van der Waals surface area contributed by atoms with Gasteiger partial charge in [-0.2, -0.15) is 4.31 Å². The van der Waals surface area contributed by atoms with Gasteiger partial charge >= 0.3 is 0 Å². The second-order valence-corrected chi connectivity index (χ2v) is 9.36. The first-order valence-corrected chi connectivity index (χ1v) is 11.4. The van der Waals surface area contributed by atoms with Crippen LogP contribution in [-0.4, -0.2) is 63.4 Å². The highest BCUT2D eigenvalue weighted by atomic mass is 32.2. The molecule has 1 amide bonds. The van der Waals surface area contributed by atoms with Crippen LogP contribution in [-0.2, 0) is 14.8 Å². The molecule has 2 aliphatic rings. The highest BCUT2D eigenvalue weighted by Crippen LogP contribution is 2.27. The first kappa shape index (κ1) is 20.8. The molecule has 4 rings (SSSR count). The molecule has 2 aromatic carbocycles. The standard InChI is InChI=1S/C21H26N4O4S/c1-29-17-7-9-18(10-8-17)30(27,28)25-13-11-24(12-14-25)21(26)19-15-22-23-20(19)16-5-3-2-4-6-16/h2-10,19-20,22-23H,11-15H2,1H3. The number of rotatable bonds is 5. The van der Waals surface area contributed by atoms with E-state index < -0.39 is 10.0 Å². The van der Waals surface area contributed by atoms with Crippen molar-refractivity contribution in [1.29, 1.82) is 0 Å². The van der Waals surface area contributed by atoms with Crippen molar-refractivity contribution < 1.29 is 17.9 Å². The van der Waals surface area contributed by atoms with E-state index in [1.165, 1.54) is 11.4 Å². The lowest BCUT2D eigenvalue weighted by Gasteiger charge is -2.36. The van der Waals surface area contributed by atoms with Crippen LogP contribution in [0.25, 0.3) is 0 Å². The zero-order valence-corrected chi connectivity index (χ0v) is 17.6. The number of carbonyl (C=O) groups excluding carboxylic acids is 1. The second kappa shape index (κ2) is 8.73. The molecule has 2 N–H and O–H groups in total. The molecule has 2 fully saturated rings. The fourth-order valence-electron chi connectivity index (χ4n) is 3.98. The molecule has 8 nitrogen and oxygen atoms in total. The maximum absolute atomic E-state index is 13.1. The zero-order chi connectivity index (χ0) is 21.1. The van der Waals surface area contributed by atoms with Crippen LogP contribution in [0.4, 0.5) is 0 Å². The summed E-state index contributed by atoms with van der Waals surface area (Å²) in [6.07, 6.45) is 0. The molecule has 2 atom stereocenters. The fraction of sp³-hybridized carbons (Fsp3) is 0.381. The molecule has 9 heteroatoms. The minimum absolute atomic E-state index is 0.0443. The molecule has 2 unspecified atom stereocenters. The van der Waals surface area contributed by atoms with Crippen molar-refractivity contribution in [3.05, 3.63) is 60.2 Å². The third-order valence-corrected chi connectivity index (χ3v) is 7.62. The van der Waals surface area contributed by atoms with Gasteiger partial charge in [0.25, 0.3) is 0 Å². The number of nitrogens with one attached hydrogen (secondary N) is 2. The smallest absolute Gasteiger partial charge is 0.243 e. The Hall–Kier alpha value is -2.46. The minimum Gasteiger partial charge on any atom is -0.497 e. The third kappa shape index (κ3) is 4.06. The first-order chi connectivity index (χ1) is 14.5. The summed E-state index contributed by atoms with van der Waals surface area (Å²) in [5.74, 6) is 0.427. The number of hydrogen-bond donors (Lipinski definition) is 2. The number of piperazine rings is 1. The highest BCUT2D eigenvalue weighted by molar-refractivity contribution is 7.89. The molecule has 0 radical (unpaired) electrons. The zero-order valence-electron chi connectivity index (χ0n) is 16.8. The molecule has 2 saturated heterocycles. The maximum Gasteiger partial charge on any atom is 0.243 e. The van der Waals surface area contributed by atoms with Crippen molar-refractivity contribution in [2.24, 2.45) is 5.92 Å². The Bertz CT molecular complexity index is 974. The summed E-state index contributed by atoms with van der Waals surface area (Å²) in [5, 5.41) is 0. The lowest BCUT2D eigenvalue weighted by Crippen LogP contribution is -2.52. The molecule has 0 spiro atoms. The number of amides is 1. The molecule has 2 heterocycles. The molecule has 2 aromatic rings.